The van der Waals surface area contributed by atoms with E-state index in [0.29, 0.717) is 15.6 Å². The Labute approximate surface area is 205 Å². The molecule has 3 N–H and O–H groups in total. The number of carbonyl (C=O) groups is 2. The highest BCUT2D eigenvalue weighted by atomic mass is 16.6. The first-order valence-corrected chi connectivity index (χ1v) is 12.2. The Morgan fingerprint density at radius 1 is 0.857 bits per heavy atom. The number of ether oxygens (including phenoxy) is 1. The summed E-state index contributed by atoms with van der Waals surface area (Å²) in [6, 6.07) is 27.5. The van der Waals surface area contributed by atoms with Crippen molar-refractivity contribution in [2.75, 3.05) is 13.1 Å². The first-order chi connectivity index (χ1) is 16.9. The summed E-state index contributed by atoms with van der Waals surface area (Å²) in [6.45, 7) is 1.73. The van der Waals surface area contributed by atoms with E-state index in [4.69, 9.17) is 10.5 Å². The number of rotatable bonds is 7. The Morgan fingerprint density at radius 2 is 1.34 bits per heavy atom. The van der Waals surface area contributed by atoms with Crippen molar-refractivity contribution >= 4 is 17.6 Å². The van der Waals surface area contributed by atoms with E-state index < -0.39 is 23.6 Å². The zero-order valence-corrected chi connectivity index (χ0v) is 19.6. The van der Waals surface area contributed by atoms with Gasteiger partial charge in [0.25, 0.3) is 0 Å². The number of carbonyl (C=O) groups excluding carboxylic acids is 2. The number of aliphatic hydroxyl groups is 1. The number of nitrogens with zero attached hydrogens (tertiary/aromatic N) is 1. The molecule has 3 saturated heterocycles. The van der Waals surface area contributed by atoms with E-state index in [1.807, 2.05) is 30.3 Å². The van der Waals surface area contributed by atoms with Gasteiger partial charge in [-0.15, -0.1) is 0 Å². The fraction of sp³-hybridized carbons (Fsp3) is 0.310. The van der Waals surface area contributed by atoms with Gasteiger partial charge in [-0.25, -0.2) is 4.79 Å². The molecule has 35 heavy (non-hydrogen) atoms. The van der Waals surface area contributed by atoms with Gasteiger partial charge in [-0.3, -0.25) is 9.28 Å². The maximum absolute atomic E-state index is 13.9. The molecule has 0 aliphatic carbocycles. The van der Waals surface area contributed by atoms with Crippen LogP contribution in [0.15, 0.2) is 91.0 Å². The first-order valence-electron chi connectivity index (χ1n) is 12.2. The third kappa shape index (κ3) is 4.03. The predicted molar refractivity (Wildman–Crippen MR) is 134 cm³/mol. The Bertz CT molecular complexity index is 1140. The first kappa shape index (κ1) is 23.3. The number of benzene rings is 3. The number of piperidine rings is 3. The second-order valence-electron chi connectivity index (χ2n) is 9.70. The van der Waals surface area contributed by atoms with Crippen molar-refractivity contribution in [1.82, 2.24) is 4.48 Å². The monoisotopic (exact) mass is 471 g/mol. The zero-order chi connectivity index (χ0) is 24.5. The minimum atomic E-state index is -1.97. The van der Waals surface area contributed by atoms with Crippen LogP contribution in [0.2, 0.25) is 0 Å². The topological polar surface area (TPSA) is 89.6 Å². The molecule has 0 aromatic heterocycles. The SMILES string of the molecule is NC(=O)C[C@@H]1C(OC(=O)C(O)(c2ccccc2)c2ccccc2)C2CC[N+]1(c1ccccc1)CC2. The second kappa shape index (κ2) is 9.29. The molecule has 3 aromatic rings. The molecular weight excluding hydrogens is 440 g/mol. The van der Waals surface area contributed by atoms with Gasteiger partial charge in [-0.1, -0.05) is 78.9 Å². The molecule has 180 valence electrons. The fourth-order valence-electron chi connectivity index (χ4n) is 6.12. The number of hydrogen-bond acceptors (Lipinski definition) is 4. The van der Waals surface area contributed by atoms with E-state index in [1.165, 1.54) is 0 Å². The van der Waals surface area contributed by atoms with Crippen molar-refractivity contribution in [2.45, 2.75) is 37.0 Å². The standard InChI is InChI=1S/C29H30N2O4/c30-26(32)20-25-27(21-16-18-31(25,19-17-21)24-14-8-3-9-15-24)35-28(33)29(34,22-10-4-1-5-11-22)23-12-6-2-7-13-23/h1-15,21,25,27,34H,16-20H2,(H-,30,32)/p+1/t21?,25-,27?,31?/m1/s1. The van der Waals surface area contributed by atoms with Gasteiger partial charge in [0.15, 0.2) is 6.10 Å². The van der Waals surface area contributed by atoms with E-state index in [1.54, 1.807) is 48.5 Å². The van der Waals surface area contributed by atoms with Crippen molar-refractivity contribution in [3.8, 4) is 0 Å². The predicted octanol–water partition coefficient (Wildman–Crippen LogP) is 3.51. The summed E-state index contributed by atoms with van der Waals surface area (Å²) in [4.78, 5) is 26.1. The normalized spacial score (nSPS) is 25.7. The van der Waals surface area contributed by atoms with Gasteiger partial charge < -0.3 is 15.6 Å². The Hall–Kier alpha value is -3.48. The van der Waals surface area contributed by atoms with Crippen LogP contribution >= 0.6 is 0 Å². The van der Waals surface area contributed by atoms with Crippen LogP contribution in [0.1, 0.15) is 30.4 Å². The van der Waals surface area contributed by atoms with Crippen molar-refractivity contribution < 1.29 is 19.4 Å². The Kier molecular flexibility index (Phi) is 6.17. The summed E-state index contributed by atoms with van der Waals surface area (Å²) in [5, 5.41) is 11.9. The maximum Gasteiger partial charge on any atom is 0.348 e. The minimum Gasteiger partial charge on any atom is -0.453 e. The molecule has 3 aliphatic heterocycles. The van der Waals surface area contributed by atoms with Crippen LogP contribution < -0.4 is 10.2 Å². The van der Waals surface area contributed by atoms with Crippen molar-refractivity contribution in [3.63, 3.8) is 0 Å². The van der Waals surface area contributed by atoms with Gasteiger partial charge in [0.2, 0.25) is 11.5 Å². The number of primary amides is 1. The number of hydrogen-bond donors (Lipinski definition) is 2. The number of quaternary nitrogens is 1. The number of nitrogens with two attached hydrogens (primary N) is 1. The lowest BCUT2D eigenvalue weighted by molar-refractivity contribution is -0.183. The zero-order valence-electron chi connectivity index (χ0n) is 19.6. The summed E-state index contributed by atoms with van der Waals surface area (Å²) in [7, 11) is 0. The summed E-state index contributed by atoms with van der Waals surface area (Å²) in [5.41, 5.74) is 5.72. The molecular formula is C29H31N2O4+. The number of amides is 1. The molecule has 3 fully saturated rings. The van der Waals surface area contributed by atoms with Gasteiger partial charge in [0.1, 0.15) is 11.7 Å². The molecule has 3 heterocycles. The largest absolute Gasteiger partial charge is 0.453 e. The molecule has 0 radical (unpaired) electrons. The molecule has 6 nitrogen and oxygen atoms in total. The third-order valence-electron chi connectivity index (χ3n) is 7.88. The average Bonchev–Trinajstić information content (AvgIpc) is 2.91. The van der Waals surface area contributed by atoms with Crippen LogP contribution in [0.4, 0.5) is 5.69 Å². The maximum atomic E-state index is 13.9. The Morgan fingerprint density at radius 3 is 1.83 bits per heavy atom. The molecule has 6 heteroatoms. The van der Waals surface area contributed by atoms with Crippen LogP contribution in [0.5, 0.6) is 0 Å². The number of para-hydroxylation sites is 1. The summed E-state index contributed by atoms with van der Waals surface area (Å²) in [6.07, 6.45) is 1.32. The summed E-state index contributed by atoms with van der Waals surface area (Å²) < 4.78 is 6.81. The van der Waals surface area contributed by atoms with Crippen LogP contribution in [0.25, 0.3) is 0 Å². The van der Waals surface area contributed by atoms with Crippen LogP contribution in [0, 0.1) is 5.92 Å². The highest BCUT2D eigenvalue weighted by molar-refractivity contribution is 5.86. The molecule has 1 unspecified atom stereocenters. The number of fused-ring (bicyclic) bond motifs is 3. The lowest BCUT2D eigenvalue weighted by atomic mass is 9.75. The quantitative estimate of drug-likeness (QED) is 0.408. The third-order valence-corrected chi connectivity index (χ3v) is 7.88. The van der Waals surface area contributed by atoms with Crippen LogP contribution in [-0.2, 0) is 19.9 Å². The Balaban J connectivity index is 1.54. The fourth-order valence-corrected chi connectivity index (χ4v) is 6.12. The molecule has 3 aromatic carbocycles. The number of esters is 1. The smallest absolute Gasteiger partial charge is 0.348 e. The molecule has 0 spiro atoms. The minimum absolute atomic E-state index is 0.110. The molecule has 2 bridgehead atoms. The lowest BCUT2D eigenvalue weighted by Crippen LogP contribution is -2.72. The van der Waals surface area contributed by atoms with Crippen molar-refractivity contribution in [1.29, 1.82) is 0 Å². The highest BCUT2D eigenvalue weighted by Crippen LogP contribution is 2.46. The van der Waals surface area contributed by atoms with Gasteiger partial charge in [-0.05, 0) is 23.3 Å². The lowest BCUT2D eigenvalue weighted by Gasteiger charge is -2.56. The van der Waals surface area contributed by atoms with E-state index >= 15 is 0 Å². The summed E-state index contributed by atoms with van der Waals surface area (Å²) in [5.74, 6) is -1.03. The van der Waals surface area contributed by atoms with Crippen LogP contribution in [0.3, 0.4) is 0 Å². The molecule has 3 aliphatic rings. The molecule has 1 amide bonds. The highest BCUT2D eigenvalue weighted by Gasteiger charge is 2.58. The average molecular weight is 472 g/mol. The van der Waals surface area contributed by atoms with Crippen molar-refractivity contribution in [3.05, 3.63) is 102 Å². The van der Waals surface area contributed by atoms with E-state index in [2.05, 4.69) is 12.1 Å². The van der Waals surface area contributed by atoms with Gasteiger partial charge >= 0.3 is 5.97 Å². The van der Waals surface area contributed by atoms with Crippen LogP contribution in [-0.4, -0.2) is 42.2 Å². The van der Waals surface area contributed by atoms with Crippen molar-refractivity contribution in [2.24, 2.45) is 11.7 Å². The van der Waals surface area contributed by atoms with E-state index in [9.17, 15) is 14.7 Å². The molecule has 6 rings (SSSR count). The van der Waals surface area contributed by atoms with E-state index in [-0.39, 0.29) is 18.4 Å². The molecule has 2 atom stereocenters. The van der Waals surface area contributed by atoms with E-state index in [0.717, 1.165) is 31.6 Å². The van der Waals surface area contributed by atoms with Gasteiger partial charge in [0.05, 0.1) is 19.5 Å². The van der Waals surface area contributed by atoms with Gasteiger partial charge in [0, 0.05) is 18.8 Å². The molecule has 0 saturated carbocycles. The van der Waals surface area contributed by atoms with Gasteiger partial charge in [-0.2, -0.15) is 0 Å². The summed E-state index contributed by atoms with van der Waals surface area (Å²) >= 11 is 0. The second-order valence-corrected chi connectivity index (χ2v) is 9.70.